The van der Waals surface area contributed by atoms with Crippen LogP contribution in [0.25, 0.3) is 0 Å². The van der Waals surface area contributed by atoms with E-state index in [1.165, 1.54) is 12.1 Å². The number of anilines is 1. The summed E-state index contributed by atoms with van der Waals surface area (Å²) in [7, 11) is -3.76. The number of primary sulfonamides is 1. The molecule has 1 aromatic carbocycles. The molecule has 0 unspecified atom stereocenters. The molecule has 0 amide bonds. The molecule has 0 aliphatic rings. The molecular weight excluding hydrogens is 221 g/mol. The molecule has 0 bridgehead atoms. The van der Waals surface area contributed by atoms with Gasteiger partial charge in [-0.25, -0.2) is 13.6 Å². The molecule has 3 N–H and O–H groups in total. The van der Waals surface area contributed by atoms with Crippen molar-refractivity contribution in [2.24, 2.45) is 5.14 Å². The van der Waals surface area contributed by atoms with Crippen LogP contribution in [0.2, 0.25) is 0 Å². The van der Waals surface area contributed by atoms with Crippen molar-refractivity contribution in [1.82, 2.24) is 0 Å². The van der Waals surface area contributed by atoms with E-state index in [0.29, 0.717) is 0 Å². The second-order valence-corrected chi connectivity index (χ2v) is 4.08. The van der Waals surface area contributed by atoms with Crippen molar-refractivity contribution in [1.29, 1.82) is 0 Å². The molecule has 0 fully saturated rings. The number of hydrogen-bond acceptors (Lipinski definition) is 3. The number of hydrogen-bond donors (Lipinski definition) is 2. The van der Waals surface area contributed by atoms with Crippen LogP contribution in [0.4, 0.5) is 14.5 Å². The molecule has 0 atom stereocenters. The first kappa shape index (κ1) is 14.4. The average molecular weight is 230 g/mol. The van der Waals surface area contributed by atoms with Crippen LogP contribution in [-0.2, 0) is 10.0 Å². The standard InChI is InChI=1S/C7H8F2N2O2S.Li.H/c8-7(9)11-5-1-3-6(4-2-5)14(10,12)13;;/h1-4,7,11H,(H2,10,12,13);;. The van der Waals surface area contributed by atoms with Crippen LogP contribution in [0.5, 0.6) is 0 Å². The summed E-state index contributed by atoms with van der Waals surface area (Å²) in [5, 5.41) is 6.63. The molecule has 0 aliphatic heterocycles. The van der Waals surface area contributed by atoms with Gasteiger partial charge in [0.1, 0.15) is 0 Å². The molecule has 0 saturated heterocycles. The van der Waals surface area contributed by atoms with E-state index in [1.54, 1.807) is 0 Å². The number of rotatable bonds is 3. The van der Waals surface area contributed by atoms with E-state index in [9.17, 15) is 17.2 Å². The molecule has 1 aromatic rings. The second-order valence-electron chi connectivity index (χ2n) is 2.51. The van der Waals surface area contributed by atoms with Crippen LogP contribution in [0.15, 0.2) is 29.2 Å². The summed E-state index contributed by atoms with van der Waals surface area (Å²) in [6.45, 7) is -2.68. The SMILES string of the molecule is NS(=O)(=O)c1ccc(NC(F)F)cc1.[LiH]. The Balaban J connectivity index is 0.00000196. The van der Waals surface area contributed by atoms with Gasteiger partial charge in [-0.15, -0.1) is 0 Å². The second kappa shape index (κ2) is 5.47. The van der Waals surface area contributed by atoms with E-state index < -0.39 is 16.6 Å². The fourth-order valence-electron chi connectivity index (χ4n) is 0.867. The minimum atomic E-state index is -3.76. The Morgan fingerprint density at radius 2 is 1.67 bits per heavy atom. The van der Waals surface area contributed by atoms with Gasteiger partial charge >= 0.3 is 25.4 Å². The fourth-order valence-corrected chi connectivity index (χ4v) is 1.38. The Hall–Kier alpha value is -0.613. The molecule has 1 rings (SSSR count). The number of sulfonamides is 1. The average Bonchev–Trinajstić information content (AvgIpc) is 2.02. The Morgan fingerprint density at radius 3 is 2.00 bits per heavy atom. The first-order valence-corrected chi connectivity index (χ1v) is 5.12. The monoisotopic (exact) mass is 230 g/mol. The number of benzene rings is 1. The van der Waals surface area contributed by atoms with Gasteiger partial charge in [0.15, 0.2) is 0 Å². The summed E-state index contributed by atoms with van der Waals surface area (Å²) in [5.41, 5.74) is 0.132. The molecule has 0 radical (unpaired) electrons. The molecule has 8 heteroatoms. The van der Waals surface area contributed by atoms with Gasteiger partial charge in [0, 0.05) is 5.69 Å². The third kappa shape index (κ3) is 4.62. The van der Waals surface area contributed by atoms with E-state index in [2.05, 4.69) is 0 Å². The van der Waals surface area contributed by atoms with E-state index >= 15 is 0 Å². The fraction of sp³-hybridized carbons (Fsp3) is 0.143. The van der Waals surface area contributed by atoms with Gasteiger partial charge in [-0.1, -0.05) is 0 Å². The van der Waals surface area contributed by atoms with Gasteiger partial charge in [0.2, 0.25) is 10.0 Å². The quantitative estimate of drug-likeness (QED) is 0.580. The molecule has 0 aromatic heterocycles. The third-order valence-corrected chi connectivity index (χ3v) is 2.39. The summed E-state index contributed by atoms with van der Waals surface area (Å²) in [5.74, 6) is 0. The zero-order valence-electron chi connectivity index (χ0n) is 6.94. The maximum atomic E-state index is 11.8. The van der Waals surface area contributed by atoms with E-state index in [-0.39, 0.29) is 29.4 Å². The summed E-state index contributed by atoms with van der Waals surface area (Å²) in [6.07, 6.45) is 0. The number of halogens is 2. The Kier molecular flexibility index (Phi) is 5.24. The van der Waals surface area contributed by atoms with Crippen molar-refractivity contribution in [3.8, 4) is 0 Å². The van der Waals surface area contributed by atoms with Crippen molar-refractivity contribution < 1.29 is 17.2 Å². The van der Waals surface area contributed by atoms with Crippen molar-refractivity contribution in [3.63, 3.8) is 0 Å². The normalized spacial score (nSPS) is 10.9. The molecule has 80 valence electrons. The number of nitrogens with two attached hydrogens (primary N) is 1. The van der Waals surface area contributed by atoms with Crippen LogP contribution in [0, 0.1) is 0 Å². The van der Waals surface area contributed by atoms with Crippen molar-refractivity contribution >= 4 is 34.6 Å². The Labute approximate surface area is 98.1 Å². The van der Waals surface area contributed by atoms with Crippen LogP contribution >= 0.6 is 0 Å². The summed E-state index contributed by atoms with van der Waals surface area (Å²) in [6, 6.07) is 4.73. The van der Waals surface area contributed by atoms with Crippen molar-refractivity contribution in [2.75, 3.05) is 5.32 Å². The zero-order chi connectivity index (χ0) is 10.8. The van der Waals surface area contributed by atoms with Gasteiger partial charge < -0.3 is 5.32 Å². The Morgan fingerprint density at radius 1 is 1.20 bits per heavy atom. The molecule has 4 nitrogen and oxygen atoms in total. The van der Waals surface area contributed by atoms with Crippen LogP contribution < -0.4 is 10.5 Å². The van der Waals surface area contributed by atoms with E-state index in [1.807, 2.05) is 5.32 Å². The summed E-state index contributed by atoms with van der Waals surface area (Å²) < 4.78 is 45.2. The minimum absolute atomic E-state index is 0. The number of alkyl halides is 2. The third-order valence-electron chi connectivity index (χ3n) is 1.46. The molecule has 0 aliphatic carbocycles. The zero-order valence-corrected chi connectivity index (χ0v) is 7.76. The van der Waals surface area contributed by atoms with E-state index in [4.69, 9.17) is 5.14 Å². The first-order chi connectivity index (χ1) is 6.39. The summed E-state index contributed by atoms with van der Waals surface area (Å²) >= 11 is 0. The predicted octanol–water partition coefficient (Wildman–Crippen LogP) is 0.320. The van der Waals surface area contributed by atoms with Crippen LogP contribution in [0.1, 0.15) is 0 Å². The van der Waals surface area contributed by atoms with Crippen LogP contribution in [-0.4, -0.2) is 33.8 Å². The first-order valence-electron chi connectivity index (χ1n) is 3.57. The molecule has 15 heavy (non-hydrogen) atoms. The molecule has 0 saturated carbocycles. The summed E-state index contributed by atoms with van der Waals surface area (Å²) in [4.78, 5) is -0.114. The van der Waals surface area contributed by atoms with Crippen molar-refractivity contribution in [2.45, 2.75) is 11.4 Å². The van der Waals surface area contributed by atoms with Gasteiger partial charge in [0.05, 0.1) is 4.90 Å². The molecule has 0 heterocycles. The van der Waals surface area contributed by atoms with Crippen LogP contribution in [0.3, 0.4) is 0 Å². The van der Waals surface area contributed by atoms with E-state index in [0.717, 1.165) is 12.1 Å². The van der Waals surface area contributed by atoms with Crippen molar-refractivity contribution in [3.05, 3.63) is 24.3 Å². The van der Waals surface area contributed by atoms with Gasteiger partial charge in [-0.2, -0.15) is 8.78 Å². The predicted molar refractivity (Wildman–Crippen MR) is 54.6 cm³/mol. The number of nitrogens with one attached hydrogen (secondary N) is 1. The van der Waals surface area contributed by atoms with Gasteiger partial charge in [-0.3, -0.25) is 0 Å². The molecule has 0 spiro atoms. The Bertz CT molecular complexity index is 408. The van der Waals surface area contributed by atoms with Gasteiger partial charge in [0.25, 0.3) is 0 Å². The maximum absolute atomic E-state index is 11.8. The molecular formula is C7H9F2LiN2O2S. The topological polar surface area (TPSA) is 72.2 Å². The van der Waals surface area contributed by atoms with Gasteiger partial charge in [-0.05, 0) is 24.3 Å².